The van der Waals surface area contributed by atoms with Gasteiger partial charge in [0.15, 0.2) is 0 Å². The third kappa shape index (κ3) is 9.51. The van der Waals surface area contributed by atoms with Gasteiger partial charge in [-0.1, -0.05) is 52.3 Å². The van der Waals surface area contributed by atoms with Crippen molar-refractivity contribution < 1.29 is 0 Å². The molecule has 0 amide bonds. The predicted octanol–water partition coefficient (Wildman–Crippen LogP) is 4.96. The molecule has 3 aliphatic heterocycles. The standard InChI is InChI=1S/C22H36N4.C3H8.C2H6/c1-2-4-22(5-3-1)26-12-8-21(9-13-26)19-25-16-14-24(15-17-25)18-20-6-10-23-11-7-20;1-3-2;1-2/h1-5,20-21,23H,6-19H2;3H2,1-2H3;1-2H3. The van der Waals surface area contributed by atoms with Gasteiger partial charge in [-0.3, -0.25) is 0 Å². The van der Waals surface area contributed by atoms with Crippen LogP contribution >= 0.6 is 0 Å². The molecule has 4 rings (SSSR count). The summed E-state index contributed by atoms with van der Waals surface area (Å²) in [5.41, 5.74) is 1.40. The molecule has 4 nitrogen and oxygen atoms in total. The number of rotatable bonds is 5. The number of nitrogens with zero attached hydrogens (tertiary/aromatic N) is 3. The van der Waals surface area contributed by atoms with Crippen LogP contribution in [0.2, 0.25) is 0 Å². The average Bonchev–Trinajstić information content (AvgIpc) is 2.84. The van der Waals surface area contributed by atoms with Crippen LogP contribution in [0.4, 0.5) is 5.69 Å². The molecule has 0 atom stereocenters. The molecule has 178 valence electrons. The molecule has 0 spiro atoms. The fraction of sp³-hybridized carbons (Fsp3) is 0.778. The van der Waals surface area contributed by atoms with Gasteiger partial charge in [-0.05, 0) is 62.7 Å². The number of nitrogens with one attached hydrogen (secondary N) is 1. The Bertz CT molecular complexity index is 527. The first-order chi connectivity index (χ1) is 15.3. The molecule has 0 bridgehead atoms. The Balaban J connectivity index is 0.000000630. The number of anilines is 1. The van der Waals surface area contributed by atoms with E-state index in [4.69, 9.17) is 0 Å². The van der Waals surface area contributed by atoms with Gasteiger partial charge in [0.1, 0.15) is 0 Å². The van der Waals surface area contributed by atoms with E-state index >= 15 is 0 Å². The summed E-state index contributed by atoms with van der Waals surface area (Å²) in [6.07, 6.45) is 6.70. The first-order valence-corrected chi connectivity index (χ1v) is 13.2. The number of para-hydroxylation sites is 1. The van der Waals surface area contributed by atoms with Crippen molar-refractivity contribution in [2.45, 2.75) is 59.8 Å². The van der Waals surface area contributed by atoms with E-state index in [0.29, 0.717) is 0 Å². The van der Waals surface area contributed by atoms with Gasteiger partial charge in [0.05, 0.1) is 0 Å². The number of piperazine rings is 1. The minimum atomic E-state index is 0.894. The average molecular weight is 431 g/mol. The third-order valence-corrected chi connectivity index (χ3v) is 6.69. The smallest absolute Gasteiger partial charge is 0.0366 e. The summed E-state index contributed by atoms with van der Waals surface area (Å²) in [5.74, 6) is 1.83. The lowest BCUT2D eigenvalue weighted by molar-refractivity contribution is 0.0961. The molecule has 0 aliphatic carbocycles. The highest BCUT2D eigenvalue weighted by molar-refractivity contribution is 5.46. The molecule has 3 fully saturated rings. The molecule has 1 aromatic rings. The lowest BCUT2D eigenvalue weighted by Crippen LogP contribution is -2.50. The van der Waals surface area contributed by atoms with E-state index in [1.807, 2.05) is 13.8 Å². The van der Waals surface area contributed by atoms with Gasteiger partial charge < -0.3 is 20.0 Å². The van der Waals surface area contributed by atoms with E-state index in [1.165, 1.54) is 103 Å². The highest BCUT2D eigenvalue weighted by Crippen LogP contribution is 2.24. The first kappa shape index (κ1) is 26.2. The van der Waals surface area contributed by atoms with Crippen LogP contribution < -0.4 is 10.2 Å². The van der Waals surface area contributed by atoms with Gasteiger partial charge in [0, 0.05) is 58.0 Å². The normalized spacial score (nSPS) is 21.6. The van der Waals surface area contributed by atoms with E-state index < -0.39 is 0 Å². The fourth-order valence-electron chi connectivity index (χ4n) is 4.96. The fourth-order valence-corrected chi connectivity index (χ4v) is 4.96. The van der Waals surface area contributed by atoms with Gasteiger partial charge in [-0.15, -0.1) is 0 Å². The highest BCUT2D eigenvalue weighted by atomic mass is 15.3. The van der Waals surface area contributed by atoms with Gasteiger partial charge >= 0.3 is 0 Å². The summed E-state index contributed by atoms with van der Waals surface area (Å²) in [4.78, 5) is 8.03. The van der Waals surface area contributed by atoms with Crippen molar-refractivity contribution in [2.75, 3.05) is 70.3 Å². The van der Waals surface area contributed by atoms with Gasteiger partial charge in [-0.25, -0.2) is 0 Å². The van der Waals surface area contributed by atoms with E-state index in [1.54, 1.807) is 0 Å². The Morgan fingerprint density at radius 2 is 1.16 bits per heavy atom. The monoisotopic (exact) mass is 430 g/mol. The zero-order chi connectivity index (χ0) is 22.3. The summed E-state index contributed by atoms with van der Waals surface area (Å²) >= 11 is 0. The summed E-state index contributed by atoms with van der Waals surface area (Å²) < 4.78 is 0. The predicted molar refractivity (Wildman–Crippen MR) is 137 cm³/mol. The van der Waals surface area contributed by atoms with Crippen LogP contribution in [0.1, 0.15) is 59.8 Å². The number of hydrogen-bond acceptors (Lipinski definition) is 4. The zero-order valence-electron chi connectivity index (χ0n) is 21.0. The van der Waals surface area contributed by atoms with Gasteiger partial charge in [0.2, 0.25) is 0 Å². The van der Waals surface area contributed by atoms with Crippen LogP contribution in [0, 0.1) is 11.8 Å². The first-order valence-electron chi connectivity index (χ1n) is 13.2. The Hall–Kier alpha value is -1.10. The summed E-state index contributed by atoms with van der Waals surface area (Å²) in [6, 6.07) is 10.9. The largest absolute Gasteiger partial charge is 0.372 e. The van der Waals surface area contributed by atoms with Crippen molar-refractivity contribution in [1.29, 1.82) is 0 Å². The van der Waals surface area contributed by atoms with E-state index in [-0.39, 0.29) is 0 Å². The summed E-state index contributed by atoms with van der Waals surface area (Å²) in [5, 5.41) is 3.49. The molecule has 31 heavy (non-hydrogen) atoms. The minimum absolute atomic E-state index is 0.894. The molecule has 0 radical (unpaired) electrons. The topological polar surface area (TPSA) is 21.8 Å². The molecular weight excluding hydrogens is 380 g/mol. The van der Waals surface area contributed by atoms with Crippen LogP contribution in [0.5, 0.6) is 0 Å². The quantitative estimate of drug-likeness (QED) is 0.712. The summed E-state index contributed by atoms with van der Waals surface area (Å²) in [6.45, 7) is 21.0. The molecular formula is C27H50N4. The second-order valence-corrected chi connectivity index (χ2v) is 9.27. The number of hydrogen-bond donors (Lipinski definition) is 1. The number of piperidine rings is 2. The second-order valence-electron chi connectivity index (χ2n) is 9.27. The molecule has 4 heteroatoms. The van der Waals surface area contributed by atoms with Crippen molar-refractivity contribution in [2.24, 2.45) is 11.8 Å². The molecule has 0 aromatic heterocycles. The van der Waals surface area contributed by atoms with Crippen LogP contribution in [0.3, 0.4) is 0 Å². The molecule has 0 saturated carbocycles. The highest BCUT2D eigenvalue weighted by Gasteiger charge is 2.25. The van der Waals surface area contributed by atoms with Crippen molar-refractivity contribution in [3.63, 3.8) is 0 Å². The van der Waals surface area contributed by atoms with Crippen molar-refractivity contribution in [3.05, 3.63) is 30.3 Å². The van der Waals surface area contributed by atoms with E-state index in [9.17, 15) is 0 Å². The molecule has 3 aliphatic rings. The lowest BCUT2D eigenvalue weighted by atomic mass is 9.95. The Morgan fingerprint density at radius 1 is 0.710 bits per heavy atom. The molecule has 0 unspecified atom stereocenters. The molecule has 3 heterocycles. The molecule has 1 N–H and O–H groups in total. The van der Waals surface area contributed by atoms with Crippen molar-refractivity contribution in [1.82, 2.24) is 15.1 Å². The SMILES string of the molecule is CC.CCC.c1ccc(N2CCC(CN3CCN(CC4CCNCC4)CC3)CC2)cc1. The Morgan fingerprint density at radius 3 is 1.65 bits per heavy atom. The van der Waals surface area contributed by atoms with Crippen molar-refractivity contribution in [3.8, 4) is 0 Å². The Kier molecular flexibility index (Phi) is 13.2. The zero-order valence-corrected chi connectivity index (χ0v) is 21.0. The second kappa shape index (κ2) is 15.7. The lowest BCUT2D eigenvalue weighted by Gasteiger charge is -2.40. The maximum Gasteiger partial charge on any atom is 0.0366 e. The van der Waals surface area contributed by atoms with E-state index in [2.05, 4.69) is 64.2 Å². The molecule has 3 saturated heterocycles. The van der Waals surface area contributed by atoms with Crippen LogP contribution in [-0.2, 0) is 0 Å². The maximum atomic E-state index is 3.49. The molecule has 1 aromatic carbocycles. The van der Waals surface area contributed by atoms with Gasteiger partial charge in [0.25, 0.3) is 0 Å². The summed E-state index contributed by atoms with van der Waals surface area (Å²) in [7, 11) is 0. The maximum absolute atomic E-state index is 3.49. The Labute approximate surface area is 193 Å². The van der Waals surface area contributed by atoms with Gasteiger partial charge in [-0.2, -0.15) is 0 Å². The number of benzene rings is 1. The van der Waals surface area contributed by atoms with Crippen molar-refractivity contribution >= 4 is 5.69 Å². The van der Waals surface area contributed by atoms with E-state index in [0.717, 1.165) is 11.8 Å². The van der Waals surface area contributed by atoms with Crippen LogP contribution in [0.25, 0.3) is 0 Å². The van der Waals surface area contributed by atoms with Crippen LogP contribution in [0.15, 0.2) is 30.3 Å². The minimum Gasteiger partial charge on any atom is -0.372 e. The third-order valence-electron chi connectivity index (χ3n) is 6.69. The van der Waals surface area contributed by atoms with Crippen LogP contribution in [-0.4, -0.2) is 75.2 Å².